The summed E-state index contributed by atoms with van der Waals surface area (Å²) < 4.78 is 13.0. The summed E-state index contributed by atoms with van der Waals surface area (Å²) in [5, 5.41) is 5.01. The third-order valence-electron chi connectivity index (χ3n) is 4.09. The van der Waals surface area contributed by atoms with Gasteiger partial charge in [0, 0.05) is 37.9 Å². The van der Waals surface area contributed by atoms with Gasteiger partial charge in [0.2, 0.25) is 5.91 Å². The third kappa shape index (κ3) is 4.92. The van der Waals surface area contributed by atoms with E-state index in [1.54, 1.807) is 19.1 Å². The van der Waals surface area contributed by atoms with Gasteiger partial charge < -0.3 is 10.2 Å². The average Bonchev–Trinajstić information content (AvgIpc) is 2.54. The van der Waals surface area contributed by atoms with Crippen LogP contribution in [0.25, 0.3) is 0 Å². The molecule has 0 aromatic heterocycles. The topological polar surface area (TPSA) is 64.7 Å². The van der Waals surface area contributed by atoms with Gasteiger partial charge in [0.05, 0.1) is 6.04 Å². The molecule has 1 saturated heterocycles. The number of rotatable bonds is 4. The van der Waals surface area contributed by atoms with Crippen LogP contribution in [-0.4, -0.2) is 55.1 Å². The average molecular weight is 336 g/mol. The molecular weight excluding hydrogens is 311 g/mol. The summed E-state index contributed by atoms with van der Waals surface area (Å²) in [6, 6.07) is 5.56. The highest BCUT2D eigenvalue weighted by atomic mass is 19.1. The zero-order valence-corrected chi connectivity index (χ0v) is 14.4. The molecule has 0 spiro atoms. The Morgan fingerprint density at radius 3 is 2.17 bits per heavy atom. The van der Waals surface area contributed by atoms with E-state index >= 15 is 0 Å². The molecular formula is C17H25FN4O2. The first kappa shape index (κ1) is 18.2. The maximum atomic E-state index is 13.0. The number of nitrogens with zero attached hydrogens (tertiary/aromatic N) is 2. The van der Waals surface area contributed by atoms with Crippen molar-refractivity contribution in [2.75, 3.05) is 31.1 Å². The zero-order chi connectivity index (χ0) is 17.7. The lowest BCUT2D eigenvalue weighted by Crippen LogP contribution is -2.55. The molecule has 1 atom stereocenters. The van der Waals surface area contributed by atoms with Gasteiger partial charge >= 0.3 is 6.03 Å². The molecule has 132 valence electrons. The number of carbonyl (C=O) groups is 2. The number of imide groups is 1. The highest BCUT2D eigenvalue weighted by Crippen LogP contribution is 2.17. The Balaban J connectivity index is 1.83. The van der Waals surface area contributed by atoms with E-state index in [0.29, 0.717) is 13.1 Å². The van der Waals surface area contributed by atoms with Gasteiger partial charge in [0.25, 0.3) is 0 Å². The SMILES string of the molecule is CC(C)NC(=O)NC(=O)[C@@H](C)N1CCN(c2ccc(F)cc2)CC1. The molecule has 1 heterocycles. The van der Waals surface area contributed by atoms with Gasteiger partial charge in [-0.05, 0) is 45.0 Å². The fourth-order valence-electron chi connectivity index (χ4n) is 2.70. The number of amides is 3. The lowest BCUT2D eigenvalue weighted by molar-refractivity contribution is -0.124. The largest absolute Gasteiger partial charge is 0.369 e. The number of piperazine rings is 1. The summed E-state index contributed by atoms with van der Waals surface area (Å²) in [5.74, 6) is -0.550. The van der Waals surface area contributed by atoms with Crippen LogP contribution in [0.5, 0.6) is 0 Å². The monoisotopic (exact) mass is 336 g/mol. The van der Waals surface area contributed by atoms with Crippen molar-refractivity contribution in [3.8, 4) is 0 Å². The second kappa shape index (κ2) is 8.10. The molecule has 7 heteroatoms. The molecule has 1 aliphatic rings. The smallest absolute Gasteiger partial charge is 0.321 e. The Bertz CT molecular complexity index is 568. The highest BCUT2D eigenvalue weighted by Gasteiger charge is 2.26. The number of anilines is 1. The second-order valence-electron chi connectivity index (χ2n) is 6.29. The van der Waals surface area contributed by atoms with E-state index < -0.39 is 6.03 Å². The fourth-order valence-corrected chi connectivity index (χ4v) is 2.70. The molecule has 24 heavy (non-hydrogen) atoms. The Morgan fingerprint density at radius 1 is 1.04 bits per heavy atom. The summed E-state index contributed by atoms with van der Waals surface area (Å²) in [6.07, 6.45) is 0. The zero-order valence-electron chi connectivity index (χ0n) is 14.4. The van der Waals surface area contributed by atoms with E-state index in [-0.39, 0.29) is 23.8 Å². The first-order valence-electron chi connectivity index (χ1n) is 8.22. The van der Waals surface area contributed by atoms with Crippen LogP contribution in [0.1, 0.15) is 20.8 Å². The number of urea groups is 1. The molecule has 1 aliphatic heterocycles. The van der Waals surface area contributed by atoms with E-state index in [0.717, 1.165) is 18.8 Å². The number of carbonyl (C=O) groups excluding carboxylic acids is 2. The molecule has 2 N–H and O–H groups in total. The lowest BCUT2D eigenvalue weighted by atomic mass is 10.2. The van der Waals surface area contributed by atoms with Crippen molar-refractivity contribution < 1.29 is 14.0 Å². The molecule has 0 bridgehead atoms. The van der Waals surface area contributed by atoms with Gasteiger partial charge in [0.15, 0.2) is 0 Å². The van der Waals surface area contributed by atoms with Crippen molar-refractivity contribution >= 4 is 17.6 Å². The molecule has 1 fully saturated rings. The van der Waals surface area contributed by atoms with E-state index in [1.165, 1.54) is 12.1 Å². The predicted molar refractivity (Wildman–Crippen MR) is 91.5 cm³/mol. The van der Waals surface area contributed by atoms with Crippen LogP contribution in [0.4, 0.5) is 14.9 Å². The van der Waals surface area contributed by atoms with Crippen LogP contribution in [-0.2, 0) is 4.79 Å². The molecule has 6 nitrogen and oxygen atoms in total. The molecule has 0 radical (unpaired) electrons. The molecule has 2 rings (SSSR count). The molecule has 1 aromatic rings. The fraction of sp³-hybridized carbons (Fsp3) is 0.529. The maximum Gasteiger partial charge on any atom is 0.321 e. The van der Waals surface area contributed by atoms with Gasteiger partial charge in [-0.1, -0.05) is 0 Å². The van der Waals surface area contributed by atoms with E-state index in [2.05, 4.69) is 15.5 Å². The molecule has 0 unspecified atom stereocenters. The van der Waals surface area contributed by atoms with Gasteiger partial charge in [-0.25, -0.2) is 9.18 Å². The molecule has 0 saturated carbocycles. The lowest BCUT2D eigenvalue weighted by Gasteiger charge is -2.38. The number of nitrogens with one attached hydrogen (secondary N) is 2. The van der Waals surface area contributed by atoms with Crippen molar-refractivity contribution in [3.05, 3.63) is 30.1 Å². The Hall–Kier alpha value is -2.15. The number of benzene rings is 1. The minimum Gasteiger partial charge on any atom is -0.369 e. The van der Waals surface area contributed by atoms with Crippen LogP contribution in [0.15, 0.2) is 24.3 Å². The van der Waals surface area contributed by atoms with Crippen LogP contribution in [0.3, 0.4) is 0 Å². The van der Waals surface area contributed by atoms with Crippen LogP contribution in [0.2, 0.25) is 0 Å². The van der Waals surface area contributed by atoms with Crippen LogP contribution < -0.4 is 15.5 Å². The molecule has 3 amide bonds. The third-order valence-corrected chi connectivity index (χ3v) is 4.09. The Kier molecular flexibility index (Phi) is 6.14. The van der Waals surface area contributed by atoms with E-state index in [4.69, 9.17) is 0 Å². The van der Waals surface area contributed by atoms with Crippen molar-refractivity contribution in [1.29, 1.82) is 0 Å². The summed E-state index contributed by atoms with van der Waals surface area (Å²) >= 11 is 0. The highest BCUT2D eigenvalue weighted by molar-refractivity contribution is 5.96. The van der Waals surface area contributed by atoms with Crippen LogP contribution >= 0.6 is 0 Å². The standard InChI is InChI=1S/C17H25FN4O2/c1-12(2)19-17(24)20-16(23)13(3)21-8-10-22(11-9-21)15-6-4-14(18)5-7-15/h4-7,12-13H,8-11H2,1-3H3,(H2,19,20,23,24)/t13-/m1/s1. The number of hydrogen-bond acceptors (Lipinski definition) is 4. The van der Waals surface area contributed by atoms with Crippen LogP contribution in [0, 0.1) is 5.82 Å². The van der Waals surface area contributed by atoms with Crippen molar-refractivity contribution in [3.63, 3.8) is 0 Å². The number of hydrogen-bond donors (Lipinski definition) is 2. The minimum absolute atomic E-state index is 0.0210. The Morgan fingerprint density at radius 2 is 1.62 bits per heavy atom. The first-order valence-corrected chi connectivity index (χ1v) is 8.22. The summed E-state index contributed by atoms with van der Waals surface area (Å²) in [6.45, 7) is 8.38. The molecule has 0 aliphatic carbocycles. The first-order chi connectivity index (χ1) is 11.4. The predicted octanol–water partition coefficient (Wildman–Crippen LogP) is 1.57. The normalized spacial score (nSPS) is 16.8. The van der Waals surface area contributed by atoms with E-state index in [9.17, 15) is 14.0 Å². The van der Waals surface area contributed by atoms with Gasteiger partial charge in [-0.15, -0.1) is 0 Å². The Labute approximate surface area is 142 Å². The van der Waals surface area contributed by atoms with Gasteiger partial charge in [-0.2, -0.15) is 0 Å². The second-order valence-corrected chi connectivity index (χ2v) is 6.29. The molecule has 1 aromatic carbocycles. The number of halogens is 1. The van der Waals surface area contributed by atoms with Crippen molar-refractivity contribution in [1.82, 2.24) is 15.5 Å². The summed E-state index contributed by atoms with van der Waals surface area (Å²) in [5.41, 5.74) is 0.976. The van der Waals surface area contributed by atoms with Gasteiger partial charge in [0.1, 0.15) is 5.82 Å². The van der Waals surface area contributed by atoms with Gasteiger partial charge in [-0.3, -0.25) is 15.0 Å². The summed E-state index contributed by atoms with van der Waals surface area (Å²) in [4.78, 5) is 28.0. The minimum atomic E-state index is -0.466. The van der Waals surface area contributed by atoms with Crippen molar-refractivity contribution in [2.45, 2.75) is 32.9 Å². The van der Waals surface area contributed by atoms with Crippen molar-refractivity contribution in [2.24, 2.45) is 0 Å². The quantitative estimate of drug-likeness (QED) is 0.876. The van der Waals surface area contributed by atoms with E-state index in [1.807, 2.05) is 18.7 Å². The maximum absolute atomic E-state index is 13.0. The summed E-state index contributed by atoms with van der Waals surface area (Å²) in [7, 11) is 0.